The van der Waals surface area contributed by atoms with E-state index in [1.165, 1.54) is 0 Å². The largest absolute Gasteiger partial charge is 0.314 e. The van der Waals surface area contributed by atoms with Crippen LogP contribution in [0.3, 0.4) is 0 Å². The molecule has 0 aromatic heterocycles. The number of amidine groups is 1. The zero-order valence-corrected chi connectivity index (χ0v) is 11.5. The Hall–Kier alpha value is -1.49. The first-order valence-electron chi connectivity index (χ1n) is 6.20. The van der Waals surface area contributed by atoms with Crippen molar-refractivity contribution >= 4 is 18.0 Å². The summed E-state index contributed by atoms with van der Waals surface area (Å²) in [5.41, 5.74) is 0. The minimum absolute atomic E-state index is 0.133. The van der Waals surface area contributed by atoms with Crippen molar-refractivity contribution in [1.29, 1.82) is 5.41 Å². The molecule has 0 bridgehead atoms. The third-order valence-electron chi connectivity index (χ3n) is 2.22. The highest BCUT2D eigenvalue weighted by molar-refractivity contribution is 5.97. The Morgan fingerprint density at radius 2 is 2.11 bits per heavy atom. The highest BCUT2D eigenvalue weighted by Crippen LogP contribution is 2.00. The maximum atomic E-state index is 11.4. The molecule has 1 atom stereocenters. The molecule has 3 N–H and O–H groups in total. The zero-order valence-electron chi connectivity index (χ0n) is 11.5. The van der Waals surface area contributed by atoms with Gasteiger partial charge in [-0.25, -0.2) is 0 Å². The smallest absolute Gasteiger partial charge is 0.239 e. The van der Waals surface area contributed by atoms with Crippen molar-refractivity contribution in [3.8, 4) is 0 Å². The first-order chi connectivity index (χ1) is 8.45. The van der Waals surface area contributed by atoms with Gasteiger partial charge in [0.15, 0.2) is 0 Å². The Bertz CT molecular complexity index is 310. The molecule has 0 heterocycles. The van der Waals surface area contributed by atoms with Crippen LogP contribution >= 0.6 is 0 Å². The summed E-state index contributed by atoms with van der Waals surface area (Å²) < 4.78 is 0. The van der Waals surface area contributed by atoms with Crippen molar-refractivity contribution in [3.05, 3.63) is 12.7 Å². The van der Waals surface area contributed by atoms with Crippen molar-refractivity contribution in [2.75, 3.05) is 6.54 Å². The molecule has 0 aliphatic heterocycles. The molecule has 0 rings (SSSR count). The minimum atomic E-state index is -0.170. The fourth-order valence-electron chi connectivity index (χ4n) is 1.21. The number of rotatable bonds is 8. The van der Waals surface area contributed by atoms with Gasteiger partial charge in [-0.2, -0.15) is 0 Å². The number of nitrogens with one attached hydrogen (secondary N) is 3. The van der Waals surface area contributed by atoms with E-state index in [9.17, 15) is 4.79 Å². The monoisotopic (exact) mass is 252 g/mol. The second kappa shape index (κ2) is 9.53. The Kier molecular flexibility index (Phi) is 8.74. The number of amides is 1. The number of allylic oxidation sites excluding steroid dienone is 1. The average Bonchev–Trinajstić information content (AvgIpc) is 2.31. The fourth-order valence-corrected chi connectivity index (χ4v) is 1.21. The molecule has 0 aliphatic rings. The molecule has 0 aromatic rings. The third kappa shape index (κ3) is 9.72. The van der Waals surface area contributed by atoms with Gasteiger partial charge in [0.05, 0.1) is 12.4 Å². The van der Waals surface area contributed by atoms with Crippen LogP contribution < -0.4 is 10.6 Å². The predicted molar refractivity (Wildman–Crippen MR) is 76.4 cm³/mol. The quantitative estimate of drug-likeness (QED) is 0.452. The zero-order chi connectivity index (χ0) is 14.0. The van der Waals surface area contributed by atoms with E-state index in [-0.39, 0.29) is 30.4 Å². The summed E-state index contributed by atoms with van der Waals surface area (Å²) in [7, 11) is 0. The molecule has 5 heteroatoms. The summed E-state index contributed by atoms with van der Waals surface area (Å²) in [4.78, 5) is 15.6. The van der Waals surface area contributed by atoms with E-state index in [1.807, 2.05) is 20.8 Å². The molecule has 0 aliphatic carbocycles. The first-order valence-corrected chi connectivity index (χ1v) is 6.20. The molecule has 0 fully saturated rings. The number of hydrogen-bond acceptors (Lipinski definition) is 4. The van der Waals surface area contributed by atoms with E-state index in [1.54, 1.807) is 12.3 Å². The number of nitrogens with zero attached hydrogens (tertiary/aromatic N) is 1. The summed E-state index contributed by atoms with van der Waals surface area (Å²) in [6, 6.07) is 0.396. The number of carbonyl (C=O) groups excluding carboxylic acids is 1. The second-order valence-electron chi connectivity index (χ2n) is 4.48. The lowest BCUT2D eigenvalue weighted by Crippen LogP contribution is -2.39. The van der Waals surface area contributed by atoms with Crippen LogP contribution in [0.4, 0.5) is 0 Å². The van der Waals surface area contributed by atoms with Crippen LogP contribution in [0.15, 0.2) is 17.6 Å². The second-order valence-corrected chi connectivity index (χ2v) is 4.48. The van der Waals surface area contributed by atoms with Crippen molar-refractivity contribution in [3.63, 3.8) is 0 Å². The van der Waals surface area contributed by atoms with Crippen molar-refractivity contribution in [2.24, 2.45) is 4.99 Å². The van der Waals surface area contributed by atoms with Crippen LogP contribution in [-0.4, -0.2) is 36.6 Å². The first kappa shape index (κ1) is 16.5. The van der Waals surface area contributed by atoms with Gasteiger partial charge in [-0.05, 0) is 13.3 Å². The standard InChI is InChI=1S/C13H24N4O/c1-5-8-15-11(4)6-7-12(14)17-13(18)9-16-10(2)3/h5,8,10-11,16H,1,6-7,9H2,2-4H3,(H2,14,17,18). The molecule has 102 valence electrons. The van der Waals surface area contributed by atoms with Gasteiger partial charge in [-0.3, -0.25) is 15.2 Å². The van der Waals surface area contributed by atoms with Gasteiger partial charge < -0.3 is 10.6 Å². The van der Waals surface area contributed by atoms with Crippen molar-refractivity contribution < 1.29 is 4.79 Å². The summed E-state index contributed by atoms with van der Waals surface area (Å²) in [6.45, 7) is 9.69. The number of hydrogen-bond donors (Lipinski definition) is 3. The normalized spacial score (nSPS) is 12.7. The molecular weight excluding hydrogens is 228 g/mol. The summed E-state index contributed by atoms with van der Waals surface area (Å²) in [5, 5.41) is 13.2. The Labute approximate surface area is 109 Å². The van der Waals surface area contributed by atoms with E-state index < -0.39 is 0 Å². The highest BCUT2D eigenvalue weighted by Gasteiger charge is 2.06. The fraction of sp³-hybridized carbons (Fsp3) is 0.615. The van der Waals surface area contributed by atoms with Crippen LogP contribution in [0.2, 0.25) is 0 Å². The Balaban J connectivity index is 3.80. The molecular formula is C13H24N4O. The Morgan fingerprint density at radius 3 is 2.67 bits per heavy atom. The van der Waals surface area contributed by atoms with E-state index in [0.29, 0.717) is 6.42 Å². The molecule has 0 saturated heterocycles. The summed E-state index contributed by atoms with van der Waals surface area (Å²) in [6.07, 6.45) is 4.53. The van der Waals surface area contributed by atoms with Crippen molar-refractivity contribution in [2.45, 2.75) is 45.7 Å². The maximum Gasteiger partial charge on any atom is 0.239 e. The number of aliphatic imine (C=N–C) groups is 1. The molecule has 5 nitrogen and oxygen atoms in total. The molecule has 0 saturated carbocycles. The van der Waals surface area contributed by atoms with Gasteiger partial charge >= 0.3 is 0 Å². The van der Waals surface area contributed by atoms with Crippen LogP contribution in [0.5, 0.6) is 0 Å². The summed E-state index contributed by atoms with van der Waals surface area (Å²) >= 11 is 0. The van der Waals surface area contributed by atoms with Crippen LogP contribution in [0.25, 0.3) is 0 Å². The lowest BCUT2D eigenvalue weighted by molar-refractivity contribution is -0.119. The molecule has 18 heavy (non-hydrogen) atoms. The van der Waals surface area contributed by atoms with E-state index in [4.69, 9.17) is 5.41 Å². The average molecular weight is 252 g/mol. The van der Waals surface area contributed by atoms with Gasteiger partial charge in [-0.15, -0.1) is 0 Å². The van der Waals surface area contributed by atoms with Crippen LogP contribution in [0, 0.1) is 5.41 Å². The van der Waals surface area contributed by atoms with Crippen LogP contribution in [-0.2, 0) is 4.79 Å². The van der Waals surface area contributed by atoms with Crippen molar-refractivity contribution in [1.82, 2.24) is 10.6 Å². The van der Waals surface area contributed by atoms with Gasteiger partial charge in [0.2, 0.25) is 5.91 Å². The van der Waals surface area contributed by atoms with Gasteiger partial charge in [0.1, 0.15) is 0 Å². The number of carbonyl (C=O) groups is 1. The Morgan fingerprint density at radius 1 is 1.44 bits per heavy atom. The van der Waals surface area contributed by atoms with E-state index in [2.05, 4.69) is 22.2 Å². The third-order valence-corrected chi connectivity index (χ3v) is 2.22. The minimum Gasteiger partial charge on any atom is -0.314 e. The van der Waals surface area contributed by atoms with Gasteiger partial charge in [-0.1, -0.05) is 26.5 Å². The molecule has 1 amide bonds. The molecule has 0 spiro atoms. The van der Waals surface area contributed by atoms with E-state index in [0.717, 1.165) is 6.42 Å². The van der Waals surface area contributed by atoms with Gasteiger partial charge in [0.25, 0.3) is 0 Å². The lowest BCUT2D eigenvalue weighted by atomic mass is 10.2. The predicted octanol–water partition coefficient (Wildman–Crippen LogP) is 1.50. The van der Waals surface area contributed by atoms with Gasteiger partial charge in [0, 0.05) is 24.7 Å². The maximum absolute atomic E-state index is 11.4. The molecule has 0 radical (unpaired) electrons. The highest BCUT2D eigenvalue weighted by atomic mass is 16.1. The summed E-state index contributed by atoms with van der Waals surface area (Å²) in [5.74, 6) is 0.0714. The van der Waals surface area contributed by atoms with Crippen LogP contribution in [0.1, 0.15) is 33.6 Å². The molecule has 0 aromatic carbocycles. The molecule has 1 unspecified atom stereocenters. The topological polar surface area (TPSA) is 77.3 Å². The lowest BCUT2D eigenvalue weighted by Gasteiger charge is -2.10. The SMILES string of the molecule is C=CC=NC(C)CCC(=N)NC(=O)CNC(C)C. The van der Waals surface area contributed by atoms with E-state index >= 15 is 0 Å².